The van der Waals surface area contributed by atoms with Crippen molar-refractivity contribution >= 4 is 65.6 Å². The highest BCUT2D eigenvalue weighted by molar-refractivity contribution is 7.94. The van der Waals surface area contributed by atoms with Crippen molar-refractivity contribution in [2.75, 3.05) is 0 Å². The highest BCUT2D eigenvalue weighted by atomic mass is 32.1. The minimum atomic E-state index is -2.64. The molecule has 0 aliphatic heterocycles. The molecule has 0 radical (unpaired) electrons. The lowest BCUT2D eigenvalue weighted by molar-refractivity contribution is 0.634. The van der Waals surface area contributed by atoms with Crippen LogP contribution < -0.4 is 15.2 Å². The molecule has 0 atom stereocenters. The summed E-state index contributed by atoms with van der Waals surface area (Å²) in [6.07, 6.45) is 0. The van der Waals surface area contributed by atoms with Gasteiger partial charge in [0, 0.05) is 26.2 Å². The van der Waals surface area contributed by atoms with Crippen molar-refractivity contribution in [3.63, 3.8) is 0 Å². The summed E-state index contributed by atoms with van der Waals surface area (Å²) >= 11 is 3.48. The maximum absolute atomic E-state index is 12.1. The molecular weight excluding hydrogens is 375 g/mol. The fraction of sp³-hybridized carbons (Fsp3) is 0. The van der Waals surface area contributed by atoms with Crippen LogP contribution in [0.1, 0.15) is 0 Å². The van der Waals surface area contributed by atoms with E-state index in [4.69, 9.17) is 0 Å². The van der Waals surface area contributed by atoms with Gasteiger partial charge in [-0.25, -0.2) is 4.89 Å². The van der Waals surface area contributed by atoms with Crippen LogP contribution in [0.2, 0.25) is 0 Å². The minimum absolute atomic E-state index is 0.999. The van der Waals surface area contributed by atoms with Crippen molar-refractivity contribution in [1.29, 1.82) is 0 Å². The Bertz CT molecular complexity index is 1150. The maximum Gasteiger partial charge on any atom is 0.248 e. The Morgan fingerprint density at radius 2 is 1.27 bits per heavy atom. The lowest BCUT2D eigenvalue weighted by Gasteiger charge is -2.18. The Hall–Kier alpha value is -2.03. The Labute approximate surface area is 160 Å². The van der Waals surface area contributed by atoms with E-state index >= 15 is 0 Å². The standard InChI is InChI=1S/C22H16OPS2/c23-24(16-7-3-1-4-8-16,17-9-5-2-6-10-17)22-15-19-18-13-14-25-20(18)11-12-21(19)26-22/h1-15,23H/q+1. The third-order valence-corrected chi connectivity index (χ3v) is 10.4. The van der Waals surface area contributed by atoms with Gasteiger partial charge in [-0.1, -0.05) is 47.7 Å². The van der Waals surface area contributed by atoms with Gasteiger partial charge in [-0.05, 0) is 47.8 Å². The van der Waals surface area contributed by atoms with Crippen molar-refractivity contribution in [3.05, 3.63) is 90.3 Å². The van der Waals surface area contributed by atoms with Gasteiger partial charge in [0.2, 0.25) is 7.49 Å². The predicted octanol–water partition coefficient (Wildman–Crippen LogP) is 5.32. The van der Waals surface area contributed by atoms with Gasteiger partial charge in [0.05, 0.1) is 0 Å². The molecular formula is C22H16OPS2+. The van der Waals surface area contributed by atoms with Gasteiger partial charge >= 0.3 is 0 Å². The van der Waals surface area contributed by atoms with Crippen LogP contribution in [0.25, 0.3) is 20.2 Å². The quantitative estimate of drug-likeness (QED) is 0.413. The average Bonchev–Trinajstić information content (AvgIpc) is 3.35. The highest BCUT2D eigenvalue weighted by Gasteiger charge is 2.45. The van der Waals surface area contributed by atoms with E-state index in [0.29, 0.717) is 0 Å². The van der Waals surface area contributed by atoms with E-state index in [2.05, 4.69) is 29.6 Å². The van der Waals surface area contributed by atoms with E-state index in [1.165, 1.54) is 20.2 Å². The number of fused-ring (bicyclic) bond motifs is 3. The lowest BCUT2D eigenvalue weighted by atomic mass is 10.2. The molecule has 26 heavy (non-hydrogen) atoms. The van der Waals surface area contributed by atoms with E-state index in [1.807, 2.05) is 60.7 Å². The van der Waals surface area contributed by atoms with Gasteiger partial charge in [-0.2, -0.15) is 0 Å². The second-order valence-electron chi connectivity index (χ2n) is 6.20. The first-order valence-electron chi connectivity index (χ1n) is 8.40. The van der Waals surface area contributed by atoms with Gasteiger partial charge in [-0.15, -0.1) is 11.3 Å². The molecule has 126 valence electrons. The normalized spacial score (nSPS) is 12.0. The lowest BCUT2D eigenvalue weighted by Crippen LogP contribution is -2.28. The van der Waals surface area contributed by atoms with Gasteiger partial charge in [-0.3, -0.25) is 0 Å². The molecule has 1 nitrogen and oxygen atoms in total. The third-order valence-electron chi connectivity index (χ3n) is 4.70. The highest BCUT2D eigenvalue weighted by Crippen LogP contribution is 2.53. The molecule has 5 rings (SSSR count). The molecule has 0 unspecified atom stereocenters. The largest absolute Gasteiger partial charge is 0.248 e. The summed E-state index contributed by atoms with van der Waals surface area (Å²) in [5, 5.41) is 6.66. The van der Waals surface area contributed by atoms with Crippen LogP contribution >= 0.6 is 30.2 Å². The summed E-state index contributed by atoms with van der Waals surface area (Å²) in [5.41, 5.74) is 0. The van der Waals surface area contributed by atoms with Crippen LogP contribution in [0.15, 0.2) is 90.3 Å². The molecule has 2 heterocycles. The summed E-state index contributed by atoms with van der Waals surface area (Å²) in [6, 6.07) is 29.0. The molecule has 5 aromatic rings. The van der Waals surface area contributed by atoms with Crippen LogP contribution in [0.3, 0.4) is 0 Å². The summed E-state index contributed by atoms with van der Waals surface area (Å²) in [4.78, 5) is 12.1. The Balaban J connectivity index is 1.81. The molecule has 0 aliphatic carbocycles. The predicted molar refractivity (Wildman–Crippen MR) is 118 cm³/mol. The SMILES string of the molecule is O[P+](c1ccccc1)(c1ccccc1)c1cc2c(ccc3sccc32)s1. The van der Waals surface area contributed by atoms with Crippen LogP contribution in [-0.4, -0.2) is 4.89 Å². The molecule has 0 saturated heterocycles. The fourth-order valence-electron chi connectivity index (χ4n) is 3.40. The molecule has 1 N–H and O–H groups in total. The molecule has 3 aromatic carbocycles. The second-order valence-corrected chi connectivity index (χ2v) is 11.3. The zero-order chi connectivity index (χ0) is 17.6. The summed E-state index contributed by atoms with van der Waals surface area (Å²) in [6.45, 7) is 0. The fourth-order valence-corrected chi connectivity index (χ4v) is 8.81. The molecule has 0 amide bonds. The topological polar surface area (TPSA) is 20.2 Å². The molecule has 0 saturated carbocycles. The van der Waals surface area contributed by atoms with E-state index in [0.717, 1.165) is 15.2 Å². The van der Waals surface area contributed by atoms with Crippen molar-refractivity contribution in [2.45, 2.75) is 0 Å². The van der Waals surface area contributed by atoms with Gasteiger partial charge in [0.15, 0.2) is 4.62 Å². The Morgan fingerprint density at radius 3 is 1.92 bits per heavy atom. The van der Waals surface area contributed by atoms with E-state index < -0.39 is 7.49 Å². The number of benzene rings is 3. The molecule has 0 fully saturated rings. The molecule has 0 aliphatic rings. The molecule has 0 bridgehead atoms. The van der Waals surface area contributed by atoms with Gasteiger partial charge in [0.25, 0.3) is 0 Å². The van der Waals surface area contributed by atoms with Crippen molar-refractivity contribution in [3.8, 4) is 0 Å². The molecule has 2 aromatic heterocycles. The average molecular weight is 391 g/mol. The monoisotopic (exact) mass is 391 g/mol. The Morgan fingerprint density at radius 1 is 0.654 bits per heavy atom. The summed E-state index contributed by atoms with van der Waals surface area (Å²) in [5.74, 6) is 0. The zero-order valence-electron chi connectivity index (χ0n) is 13.9. The summed E-state index contributed by atoms with van der Waals surface area (Å²) < 4.78 is 3.59. The van der Waals surface area contributed by atoms with Crippen LogP contribution in [0, 0.1) is 0 Å². The number of thiophene rings is 2. The first-order valence-corrected chi connectivity index (χ1v) is 11.8. The van der Waals surface area contributed by atoms with Gasteiger partial charge in [0.1, 0.15) is 10.6 Å². The van der Waals surface area contributed by atoms with E-state index in [9.17, 15) is 4.89 Å². The van der Waals surface area contributed by atoms with Crippen molar-refractivity contribution < 1.29 is 4.89 Å². The number of rotatable bonds is 3. The zero-order valence-corrected chi connectivity index (χ0v) is 16.4. The van der Waals surface area contributed by atoms with Crippen molar-refractivity contribution in [1.82, 2.24) is 0 Å². The van der Waals surface area contributed by atoms with Crippen LogP contribution in [0.4, 0.5) is 0 Å². The molecule has 4 heteroatoms. The second kappa shape index (κ2) is 6.29. The smallest absolute Gasteiger partial charge is 0.234 e. The van der Waals surface area contributed by atoms with Crippen molar-refractivity contribution in [2.24, 2.45) is 0 Å². The van der Waals surface area contributed by atoms with Crippen LogP contribution in [-0.2, 0) is 0 Å². The van der Waals surface area contributed by atoms with Crippen LogP contribution in [0.5, 0.6) is 0 Å². The Kier molecular flexibility index (Phi) is 3.91. The first kappa shape index (κ1) is 16.2. The van der Waals surface area contributed by atoms with E-state index in [-0.39, 0.29) is 0 Å². The minimum Gasteiger partial charge on any atom is -0.234 e. The number of hydrogen-bond acceptors (Lipinski definition) is 3. The third kappa shape index (κ3) is 2.44. The molecule has 0 spiro atoms. The first-order chi connectivity index (χ1) is 12.8. The van der Waals surface area contributed by atoms with Gasteiger partial charge < -0.3 is 0 Å². The maximum atomic E-state index is 12.1. The van der Waals surface area contributed by atoms with E-state index in [1.54, 1.807) is 22.7 Å². The summed E-state index contributed by atoms with van der Waals surface area (Å²) in [7, 11) is -2.64. The number of hydrogen-bond donors (Lipinski definition) is 1.